The van der Waals surface area contributed by atoms with Crippen LogP contribution < -0.4 is 0 Å². The van der Waals surface area contributed by atoms with E-state index in [1.165, 1.54) is 6.07 Å². The van der Waals surface area contributed by atoms with E-state index in [1.54, 1.807) is 38.1 Å². The molecule has 0 nitrogen and oxygen atoms in total. The molecular weight excluding hydrogens is 346 g/mol. The van der Waals surface area contributed by atoms with Crippen LogP contribution >= 0.6 is 27.5 Å². The Morgan fingerprint density at radius 1 is 1.15 bits per heavy atom. The average Bonchev–Trinajstić information content (AvgIpc) is 2.39. The minimum Gasteiger partial charge on any atom is -0.207 e. The van der Waals surface area contributed by atoms with Crippen molar-refractivity contribution < 1.29 is 8.78 Å². The van der Waals surface area contributed by atoms with E-state index in [0.29, 0.717) is 28.1 Å². The summed E-state index contributed by atoms with van der Waals surface area (Å²) in [5.74, 6) is -0.519. The largest absolute Gasteiger partial charge is 0.207 e. The highest BCUT2D eigenvalue weighted by Crippen LogP contribution is 2.32. The minimum atomic E-state index is -0.322. The van der Waals surface area contributed by atoms with Crippen LogP contribution in [-0.2, 0) is 6.42 Å². The van der Waals surface area contributed by atoms with E-state index in [9.17, 15) is 8.78 Å². The molecule has 2 aromatic carbocycles. The van der Waals surface area contributed by atoms with Crippen LogP contribution in [0.2, 0.25) is 5.02 Å². The van der Waals surface area contributed by atoms with Crippen LogP contribution in [0.15, 0.2) is 30.3 Å². The summed E-state index contributed by atoms with van der Waals surface area (Å²) in [6, 6.07) is 8.19. The fraction of sp³-hybridized carbons (Fsp3) is 0.250. The van der Waals surface area contributed by atoms with E-state index >= 15 is 0 Å². The summed E-state index contributed by atoms with van der Waals surface area (Å²) in [5.41, 5.74) is 2.56. The lowest BCUT2D eigenvalue weighted by molar-refractivity contribution is 0.604. The summed E-state index contributed by atoms with van der Waals surface area (Å²) in [6.07, 6.45) is 0.413. The van der Waals surface area contributed by atoms with E-state index in [1.807, 2.05) is 0 Å². The Morgan fingerprint density at radius 2 is 1.75 bits per heavy atom. The predicted octanol–water partition coefficient (Wildman–Crippen LogP) is 5.91. The van der Waals surface area contributed by atoms with Gasteiger partial charge in [0.1, 0.15) is 11.6 Å². The zero-order chi connectivity index (χ0) is 14.9. The zero-order valence-electron chi connectivity index (χ0n) is 11.2. The van der Waals surface area contributed by atoms with Gasteiger partial charge in [-0.1, -0.05) is 45.7 Å². The topological polar surface area (TPSA) is 0 Å². The Hall–Kier alpha value is -0.930. The van der Waals surface area contributed by atoms with Gasteiger partial charge in [0.25, 0.3) is 0 Å². The van der Waals surface area contributed by atoms with Crippen LogP contribution in [0.25, 0.3) is 0 Å². The lowest BCUT2D eigenvalue weighted by Crippen LogP contribution is -2.01. The second-order valence-electron chi connectivity index (χ2n) is 4.84. The van der Waals surface area contributed by atoms with Gasteiger partial charge in [-0.2, -0.15) is 0 Å². The van der Waals surface area contributed by atoms with E-state index in [4.69, 9.17) is 11.6 Å². The number of rotatable bonds is 3. The summed E-state index contributed by atoms with van der Waals surface area (Å²) in [7, 11) is 0. The molecule has 0 radical (unpaired) electrons. The molecule has 106 valence electrons. The van der Waals surface area contributed by atoms with Crippen LogP contribution in [0.4, 0.5) is 8.78 Å². The Morgan fingerprint density at radius 3 is 2.30 bits per heavy atom. The molecule has 0 aromatic heterocycles. The molecular formula is C16H14BrClF2. The van der Waals surface area contributed by atoms with Crippen molar-refractivity contribution in [3.8, 4) is 0 Å². The number of alkyl halides is 1. The minimum absolute atomic E-state index is 0.116. The van der Waals surface area contributed by atoms with E-state index in [-0.39, 0.29) is 16.5 Å². The lowest BCUT2D eigenvalue weighted by Gasteiger charge is -2.14. The van der Waals surface area contributed by atoms with Crippen LogP contribution in [0.3, 0.4) is 0 Å². The molecule has 0 saturated carbocycles. The lowest BCUT2D eigenvalue weighted by atomic mass is 10.00. The van der Waals surface area contributed by atoms with Gasteiger partial charge in [-0.25, -0.2) is 8.78 Å². The van der Waals surface area contributed by atoms with Gasteiger partial charge in [0.2, 0.25) is 0 Å². The summed E-state index contributed by atoms with van der Waals surface area (Å²) in [6.45, 7) is 3.45. The molecule has 20 heavy (non-hydrogen) atoms. The molecule has 0 aliphatic heterocycles. The number of hydrogen-bond acceptors (Lipinski definition) is 0. The molecule has 0 saturated heterocycles. The molecule has 2 rings (SSSR count). The van der Waals surface area contributed by atoms with Crippen molar-refractivity contribution in [2.45, 2.75) is 25.1 Å². The highest BCUT2D eigenvalue weighted by molar-refractivity contribution is 9.09. The molecule has 0 amide bonds. The van der Waals surface area contributed by atoms with Crippen molar-refractivity contribution in [2.75, 3.05) is 0 Å². The third-order valence-corrected chi connectivity index (χ3v) is 4.47. The molecule has 0 bridgehead atoms. The Balaban J connectivity index is 2.31. The number of aryl methyl sites for hydroxylation is 2. The molecule has 0 heterocycles. The highest BCUT2D eigenvalue weighted by Gasteiger charge is 2.16. The fourth-order valence-electron chi connectivity index (χ4n) is 2.18. The van der Waals surface area contributed by atoms with Crippen LogP contribution in [0.5, 0.6) is 0 Å². The van der Waals surface area contributed by atoms with Gasteiger partial charge in [-0.05, 0) is 49.1 Å². The number of halogens is 4. The Kier molecular flexibility index (Phi) is 4.82. The van der Waals surface area contributed by atoms with E-state index in [0.717, 1.165) is 5.56 Å². The fourth-order valence-corrected chi connectivity index (χ4v) is 3.01. The summed E-state index contributed by atoms with van der Waals surface area (Å²) >= 11 is 9.56. The summed E-state index contributed by atoms with van der Waals surface area (Å²) in [5, 5.41) is 0.407. The maximum atomic E-state index is 13.8. The second kappa shape index (κ2) is 6.23. The van der Waals surface area contributed by atoms with Gasteiger partial charge in [0.15, 0.2) is 0 Å². The molecule has 0 N–H and O–H groups in total. The monoisotopic (exact) mass is 358 g/mol. The molecule has 0 spiro atoms. The van der Waals surface area contributed by atoms with Gasteiger partial charge in [-0.3, -0.25) is 0 Å². The SMILES string of the molecule is Cc1cc(C(Br)Cc2c(F)cccc2Cl)cc(C)c1F. The number of benzene rings is 2. The molecule has 0 aliphatic carbocycles. The average molecular weight is 360 g/mol. The summed E-state index contributed by atoms with van der Waals surface area (Å²) in [4.78, 5) is -0.116. The van der Waals surface area contributed by atoms with Gasteiger partial charge in [-0.15, -0.1) is 0 Å². The van der Waals surface area contributed by atoms with Gasteiger partial charge >= 0.3 is 0 Å². The molecule has 0 aliphatic rings. The first-order valence-electron chi connectivity index (χ1n) is 6.23. The third kappa shape index (κ3) is 3.21. The van der Waals surface area contributed by atoms with Crippen molar-refractivity contribution in [3.63, 3.8) is 0 Å². The Bertz CT molecular complexity index is 597. The van der Waals surface area contributed by atoms with Crippen LogP contribution in [-0.4, -0.2) is 0 Å². The van der Waals surface area contributed by atoms with Gasteiger partial charge in [0, 0.05) is 15.4 Å². The standard InChI is InChI=1S/C16H14BrClF2/c1-9-6-11(7-10(2)16(9)20)13(17)8-12-14(18)4-3-5-15(12)19/h3-7,13H,8H2,1-2H3. The zero-order valence-corrected chi connectivity index (χ0v) is 13.5. The third-order valence-electron chi connectivity index (χ3n) is 3.27. The molecule has 0 fully saturated rings. The van der Waals surface area contributed by atoms with Gasteiger partial charge < -0.3 is 0 Å². The first-order valence-corrected chi connectivity index (χ1v) is 7.53. The van der Waals surface area contributed by atoms with Crippen molar-refractivity contribution in [1.82, 2.24) is 0 Å². The van der Waals surface area contributed by atoms with Crippen LogP contribution in [0.1, 0.15) is 27.1 Å². The van der Waals surface area contributed by atoms with Crippen molar-refractivity contribution in [2.24, 2.45) is 0 Å². The molecule has 2 aromatic rings. The smallest absolute Gasteiger partial charge is 0.129 e. The van der Waals surface area contributed by atoms with Gasteiger partial charge in [0.05, 0.1) is 0 Å². The van der Waals surface area contributed by atoms with E-state index in [2.05, 4.69) is 15.9 Å². The number of hydrogen-bond donors (Lipinski definition) is 0. The van der Waals surface area contributed by atoms with Crippen molar-refractivity contribution >= 4 is 27.5 Å². The predicted molar refractivity (Wildman–Crippen MR) is 82.7 cm³/mol. The first kappa shape index (κ1) is 15.5. The first-order chi connectivity index (χ1) is 9.40. The summed E-state index contributed by atoms with van der Waals surface area (Å²) < 4.78 is 27.4. The molecule has 4 heteroatoms. The Labute approximate surface area is 130 Å². The quantitative estimate of drug-likeness (QED) is 0.597. The normalized spacial score (nSPS) is 12.5. The molecule has 1 atom stereocenters. The maximum absolute atomic E-state index is 13.8. The van der Waals surface area contributed by atoms with E-state index < -0.39 is 0 Å². The second-order valence-corrected chi connectivity index (χ2v) is 6.35. The molecule has 1 unspecified atom stereocenters. The highest BCUT2D eigenvalue weighted by atomic mass is 79.9. The van der Waals surface area contributed by atoms with Crippen LogP contribution in [0, 0.1) is 25.5 Å². The van der Waals surface area contributed by atoms with Crippen molar-refractivity contribution in [1.29, 1.82) is 0 Å². The van der Waals surface area contributed by atoms with Crippen molar-refractivity contribution in [3.05, 3.63) is 69.2 Å². The maximum Gasteiger partial charge on any atom is 0.129 e.